The van der Waals surface area contributed by atoms with Crippen LogP contribution < -0.4 is 0 Å². The molecule has 2 aromatic carbocycles. The normalized spacial score (nSPS) is 13.7. The Kier molecular flexibility index (Phi) is 3.67. The summed E-state index contributed by atoms with van der Waals surface area (Å²) in [6.07, 6.45) is 0.918. The van der Waals surface area contributed by atoms with Gasteiger partial charge >= 0.3 is 0 Å². The highest BCUT2D eigenvalue weighted by atomic mass is 32.1. The molecule has 0 radical (unpaired) electrons. The van der Waals surface area contributed by atoms with E-state index >= 15 is 0 Å². The second kappa shape index (κ2) is 5.97. The molecule has 3 aromatic rings. The van der Waals surface area contributed by atoms with Crippen LogP contribution in [-0.4, -0.2) is 22.3 Å². The molecule has 0 fully saturated rings. The van der Waals surface area contributed by atoms with Gasteiger partial charge in [0.25, 0.3) is 5.91 Å². The number of carbonyl (C=O) groups is 1. The highest BCUT2D eigenvalue weighted by Crippen LogP contribution is 2.28. The molecule has 0 atom stereocenters. The van der Waals surface area contributed by atoms with Crippen LogP contribution in [0.5, 0.6) is 0 Å². The van der Waals surface area contributed by atoms with Crippen molar-refractivity contribution in [2.24, 2.45) is 0 Å². The number of thiazole rings is 1. The summed E-state index contributed by atoms with van der Waals surface area (Å²) in [6.45, 7) is 1.45. The van der Waals surface area contributed by atoms with Crippen molar-refractivity contribution in [3.05, 3.63) is 76.1 Å². The van der Waals surface area contributed by atoms with Gasteiger partial charge in [0.15, 0.2) is 0 Å². The monoisotopic (exact) mass is 320 g/mol. The lowest BCUT2D eigenvalue weighted by Crippen LogP contribution is -2.35. The average Bonchev–Trinajstić information content (AvgIpc) is 3.11. The molecular weight excluding hydrogens is 304 g/mol. The van der Waals surface area contributed by atoms with E-state index < -0.39 is 0 Å². The van der Waals surface area contributed by atoms with Gasteiger partial charge in [-0.15, -0.1) is 11.3 Å². The Labute approximate surface area is 139 Å². The van der Waals surface area contributed by atoms with Gasteiger partial charge in [-0.3, -0.25) is 4.79 Å². The third kappa shape index (κ3) is 2.66. The molecule has 2 heterocycles. The predicted octanol–water partition coefficient (Wildman–Crippen LogP) is 4.01. The molecule has 0 spiro atoms. The number of aromatic nitrogens is 1. The standard InChI is InChI=1S/C19H16N2OS/c22-19(21-11-10-14-6-4-5-9-16(14)12-21)18-17(20-13-23-18)15-7-2-1-3-8-15/h1-9,13H,10-12H2. The number of hydrogen-bond acceptors (Lipinski definition) is 3. The van der Waals surface area contributed by atoms with Crippen molar-refractivity contribution in [3.63, 3.8) is 0 Å². The zero-order chi connectivity index (χ0) is 15.6. The number of nitrogens with zero attached hydrogens (tertiary/aromatic N) is 2. The molecule has 0 N–H and O–H groups in total. The van der Waals surface area contributed by atoms with Crippen molar-refractivity contribution in [1.82, 2.24) is 9.88 Å². The maximum absolute atomic E-state index is 13.0. The minimum Gasteiger partial charge on any atom is -0.333 e. The fourth-order valence-electron chi connectivity index (χ4n) is 3.01. The third-order valence-electron chi connectivity index (χ3n) is 4.23. The smallest absolute Gasteiger partial charge is 0.266 e. The number of amides is 1. The summed E-state index contributed by atoms with van der Waals surface area (Å²) in [6, 6.07) is 18.3. The number of carbonyl (C=O) groups excluding carboxylic acids is 1. The number of rotatable bonds is 2. The minimum absolute atomic E-state index is 0.0841. The van der Waals surface area contributed by atoms with Gasteiger partial charge in [0.05, 0.1) is 11.2 Å². The van der Waals surface area contributed by atoms with Crippen molar-refractivity contribution in [1.29, 1.82) is 0 Å². The second-order valence-corrected chi connectivity index (χ2v) is 6.50. The van der Waals surface area contributed by atoms with Gasteiger partial charge in [0.1, 0.15) is 4.88 Å². The van der Waals surface area contributed by atoms with Crippen molar-refractivity contribution in [2.45, 2.75) is 13.0 Å². The first kappa shape index (κ1) is 14.2. The van der Waals surface area contributed by atoms with Gasteiger partial charge in [0.2, 0.25) is 0 Å². The summed E-state index contributed by atoms with van der Waals surface area (Å²) >= 11 is 1.43. The maximum Gasteiger partial charge on any atom is 0.266 e. The maximum atomic E-state index is 13.0. The summed E-state index contributed by atoms with van der Waals surface area (Å²) in [5, 5.41) is 0. The summed E-state index contributed by atoms with van der Waals surface area (Å²) in [7, 11) is 0. The lowest BCUT2D eigenvalue weighted by molar-refractivity contribution is 0.0740. The van der Waals surface area contributed by atoms with Crippen LogP contribution in [0.2, 0.25) is 0 Å². The van der Waals surface area contributed by atoms with Gasteiger partial charge < -0.3 is 4.90 Å². The van der Waals surface area contributed by atoms with E-state index in [1.807, 2.05) is 41.3 Å². The van der Waals surface area contributed by atoms with Crippen LogP contribution >= 0.6 is 11.3 Å². The van der Waals surface area contributed by atoms with Crippen molar-refractivity contribution >= 4 is 17.2 Å². The Morgan fingerprint density at radius 1 is 1.00 bits per heavy atom. The molecule has 0 unspecified atom stereocenters. The first-order valence-corrected chi connectivity index (χ1v) is 8.56. The number of benzene rings is 2. The molecular formula is C19H16N2OS. The SMILES string of the molecule is O=C(c1scnc1-c1ccccc1)N1CCc2ccccc2C1. The lowest BCUT2D eigenvalue weighted by Gasteiger charge is -2.28. The Bertz CT molecular complexity index is 841. The van der Waals surface area contributed by atoms with E-state index in [1.54, 1.807) is 5.51 Å². The van der Waals surface area contributed by atoms with Gasteiger partial charge in [-0.25, -0.2) is 4.98 Å². The predicted molar refractivity (Wildman–Crippen MR) is 92.4 cm³/mol. The first-order chi connectivity index (χ1) is 11.3. The first-order valence-electron chi connectivity index (χ1n) is 7.68. The fraction of sp³-hybridized carbons (Fsp3) is 0.158. The Hall–Kier alpha value is -2.46. The minimum atomic E-state index is 0.0841. The molecule has 0 saturated carbocycles. The largest absolute Gasteiger partial charge is 0.333 e. The molecule has 114 valence electrons. The van der Waals surface area contributed by atoms with Crippen LogP contribution in [0.1, 0.15) is 20.8 Å². The van der Waals surface area contributed by atoms with Gasteiger partial charge in [-0.05, 0) is 17.5 Å². The van der Waals surface area contributed by atoms with Crippen LogP contribution in [0.15, 0.2) is 60.1 Å². The van der Waals surface area contributed by atoms with Crippen LogP contribution in [0, 0.1) is 0 Å². The molecule has 4 heteroatoms. The van der Waals surface area contributed by atoms with E-state index in [2.05, 4.69) is 23.2 Å². The number of fused-ring (bicyclic) bond motifs is 1. The van der Waals surface area contributed by atoms with E-state index in [9.17, 15) is 4.79 Å². The molecule has 1 amide bonds. The molecule has 4 rings (SSSR count). The number of hydrogen-bond donors (Lipinski definition) is 0. The Balaban J connectivity index is 1.63. The molecule has 1 aliphatic rings. The second-order valence-electron chi connectivity index (χ2n) is 5.64. The molecule has 1 aliphatic heterocycles. The third-order valence-corrected chi connectivity index (χ3v) is 5.04. The van der Waals surface area contributed by atoms with Crippen LogP contribution in [0.3, 0.4) is 0 Å². The summed E-state index contributed by atoms with van der Waals surface area (Å²) < 4.78 is 0. The van der Waals surface area contributed by atoms with Gasteiger partial charge in [-0.2, -0.15) is 0 Å². The topological polar surface area (TPSA) is 33.2 Å². The van der Waals surface area contributed by atoms with Crippen LogP contribution in [-0.2, 0) is 13.0 Å². The Morgan fingerprint density at radius 3 is 2.57 bits per heavy atom. The van der Waals surface area contributed by atoms with E-state index in [0.29, 0.717) is 6.54 Å². The fourth-order valence-corrected chi connectivity index (χ4v) is 3.79. The van der Waals surface area contributed by atoms with Crippen molar-refractivity contribution < 1.29 is 4.79 Å². The molecule has 3 nitrogen and oxygen atoms in total. The molecule has 0 bridgehead atoms. The van der Waals surface area contributed by atoms with Gasteiger partial charge in [-0.1, -0.05) is 54.6 Å². The highest BCUT2D eigenvalue weighted by molar-refractivity contribution is 7.12. The molecule has 0 aliphatic carbocycles. The lowest BCUT2D eigenvalue weighted by atomic mass is 9.99. The highest BCUT2D eigenvalue weighted by Gasteiger charge is 2.25. The molecule has 0 saturated heterocycles. The quantitative estimate of drug-likeness (QED) is 0.715. The zero-order valence-electron chi connectivity index (χ0n) is 12.6. The van der Waals surface area contributed by atoms with E-state index in [4.69, 9.17) is 0 Å². The van der Waals surface area contributed by atoms with E-state index in [-0.39, 0.29) is 5.91 Å². The molecule has 23 heavy (non-hydrogen) atoms. The average molecular weight is 320 g/mol. The van der Waals surface area contributed by atoms with E-state index in [1.165, 1.54) is 22.5 Å². The zero-order valence-corrected chi connectivity index (χ0v) is 13.4. The summed E-state index contributed by atoms with van der Waals surface area (Å²) in [4.78, 5) is 20.0. The molecule has 1 aromatic heterocycles. The van der Waals surface area contributed by atoms with E-state index in [0.717, 1.165) is 29.1 Å². The Morgan fingerprint density at radius 2 is 1.74 bits per heavy atom. The van der Waals surface area contributed by atoms with Crippen molar-refractivity contribution in [2.75, 3.05) is 6.54 Å². The summed E-state index contributed by atoms with van der Waals surface area (Å²) in [5.74, 6) is 0.0841. The van der Waals surface area contributed by atoms with Gasteiger partial charge in [0, 0.05) is 18.7 Å². The van der Waals surface area contributed by atoms with Crippen molar-refractivity contribution in [3.8, 4) is 11.3 Å². The van der Waals surface area contributed by atoms with Crippen LogP contribution in [0.4, 0.5) is 0 Å². The summed E-state index contributed by atoms with van der Waals surface area (Å²) in [5.41, 5.74) is 6.14. The van der Waals surface area contributed by atoms with Crippen LogP contribution in [0.25, 0.3) is 11.3 Å².